The van der Waals surface area contributed by atoms with Gasteiger partial charge in [-0.3, -0.25) is 0 Å². The summed E-state index contributed by atoms with van der Waals surface area (Å²) in [6.45, 7) is 1.75. The molecule has 0 saturated heterocycles. The van der Waals surface area contributed by atoms with Crippen molar-refractivity contribution in [3.8, 4) is 0 Å². The zero-order valence-corrected chi connectivity index (χ0v) is 9.26. The predicted molar refractivity (Wildman–Crippen MR) is 50.9 cm³/mol. The highest BCUT2D eigenvalue weighted by molar-refractivity contribution is 9.10. The molecule has 0 bridgehead atoms. The number of sulfone groups is 1. The van der Waals surface area contributed by atoms with E-state index in [1.165, 1.54) is 6.07 Å². The van der Waals surface area contributed by atoms with Crippen LogP contribution in [0, 0.1) is 6.92 Å². The van der Waals surface area contributed by atoms with Crippen LogP contribution in [0.5, 0.6) is 0 Å². The zero-order valence-electron chi connectivity index (χ0n) is 6.86. The SMILES string of the molecule is Cc1ccc(S(=O)(=O)CO)c(Br)n1. The quantitative estimate of drug-likeness (QED) is 0.807. The largest absolute Gasteiger partial charge is 0.380 e. The third-order valence-corrected chi connectivity index (χ3v) is 3.67. The van der Waals surface area contributed by atoms with Gasteiger partial charge in [0.1, 0.15) is 15.4 Å². The summed E-state index contributed by atoms with van der Waals surface area (Å²) >= 11 is 3.02. The average molecular weight is 266 g/mol. The third-order valence-electron chi connectivity index (χ3n) is 1.46. The number of aliphatic hydroxyl groups excluding tert-OH is 1. The van der Waals surface area contributed by atoms with Crippen molar-refractivity contribution in [1.29, 1.82) is 0 Å². The van der Waals surface area contributed by atoms with Crippen LogP contribution in [-0.2, 0) is 9.84 Å². The molecule has 1 rings (SSSR count). The minimum Gasteiger partial charge on any atom is -0.380 e. The first kappa shape index (κ1) is 10.6. The molecule has 0 aliphatic rings. The molecule has 6 heteroatoms. The van der Waals surface area contributed by atoms with Crippen LogP contribution in [-0.4, -0.2) is 24.4 Å². The number of aryl methyl sites for hydroxylation is 1. The predicted octanol–water partition coefficient (Wildman–Crippen LogP) is 0.876. The van der Waals surface area contributed by atoms with Gasteiger partial charge in [-0.2, -0.15) is 0 Å². The van der Waals surface area contributed by atoms with Crippen molar-refractivity contribution < 1.29 is 13.5 Å². The minimum atomic E-state index is -3.60. The van der Waals surface area contributed by atoms with E-state index in [0.717, 1.165) is 0 Å². The fraction of sp³-hybridized carbons (Fsp3) is 0.286. The number of rotatable bonds is 2. The van der Waals surface area contributed by atoms with Crippen molar-refractivity contribution in [1.82, 2.24) is 4.98 Å². The molecular formula is C7H8BrNO3S. The number of nitrogens with zero attached hydrogens (tertiary/aromatic N) is 1. The van der Waals surface area contributed by atoms with Gasteiger partial charge < -0.3 is 5.11 Å². The first-order valence-electron chi connectivity index (χ1n) is 3.44. The van der Waals surface area contributed by atoms with Crippen molar-refractivity contribution >= 4 is 25.8 Å². The Bertz CT molecular complexity index is 416. The molecule has 0 fully saturated rings. The van der Waals surface area contributed by atoms with Crippen LogP contribution in [0.3, 0.4) is 0 Å². The van der Waals surface area contributed by atoms with Crippen molar-refractivity contribution in [2.45, 2.75) is 11.8 Å². The van der Waals surface area contributed by atoms with Crippen molar-refractivity contribution in [2.24, 2.45) is 0 Å². The van der Waals surface area contributed by atoms with E-state index in [-0.39, 0.29) is 9.50 Å². The average Bonchev–Trinajstić information content (AvgIpc) is 2.03. The van der Waals surface area contributed by atoms with Gasteiger partial charge in [-0.25, -0.2) is 13.4 Å². The van der Waals surface area contributed by atoms with Crippen molar-refractivity contribution in [2.75, 3.05) is 5.94 Å². The van der Waals surface area contributed by atoms with E-state index < -0.39 is 15.8 Å². The number of hydrogen-bond donors (Lipinski definition) is 1. The second kappa shape index (κ2) is 3.73. The van der Waals surface area contributed by atoms with E-state index >= 15 is 0 Å². The van der Waals surface area contributed by atoms with Crippen LogP contribution >= 0.6 is 15.9 Å². The second-order valence-corrected chi connectivity index (χ2v) is 5.16. The first-order valence-corrected chi connectivity index (χ1v) is 5.88. The highest BCUT2D eigenvalue weighted by atomic mass is 79.9. The fourth-order valence-corrected chi connectivity index (χ4v) is 2.68. The molecule has 0 aromatic carbocycles. The lowest BCUT2D eigenvalue weighted by molar-refractivity contribution is 0.358. The molecule has 4 nitrogen and oxygen atoms in total. The summed E-state index contributed by atoms with van der Waals surface area (Å²) in [7, 11) is -3.60. The summed E-state index contributed by atoms with van der Waals surface area (Å²) in [6.07, 6.45) is 0. The Morgan fingerprint density at radius 1 is 1.54 bits per heavy atom. The summed E-state index contributed by atoms with van der Waals surface area (Å²) in [4.78, 5) is 3.93. The number of pyridine rings is 1. The molecule has 0 spiro atoms. The minimum absolute atomic E-state index is 0.0144. The van der Waals surface area contributed by atoms with Gasteiger partial charge in [0.15, 0.2) is 0 Å². The zero-order chi connectivity index (χ0) is 10.1. The smallest absolute Gasteiger partial charge is 0.204 e. The molecule has 0 radical (unpaired) electrons. The molecule has 0 atom stereocenters. The summed E-state index contributed by atoms with van der Waals surface area (Å²) < 4.78 is 22.7. The fourth-order valence-electron chi connectivity index (χ4n) is 0.814. The lowest BCUT2D eigenvalue weighted by Crippen LogP contribution is -2.07. The van der Waals surface area contributed by atoms with Gasteiger partial charge in [-0.15, -0.1) is 0 Å². The number of hydrogen-bond acceptors (Lipinski definition) is 4. The highest BCUT2D eigenvalue weighted by Gasteiger charge is 2.16. The normalized spacial score (nSPS) is 11.6. The van der Waals surface area contributed by atoms with Gasteiger partial charge in [-0.1, -0.05) is 0 Å². The maximum Gasteiger partial charge on any atom is 0.204 e. The van der Waals surface area contributed by atoms with Gasteiger partial charge >= 0.3 is 0 Å². The van der Waals surface area contributed by atoms with E-state index in [0.29, 0.717) is 5.69 Å². The topological polar surface area (TPSA) is 67.3 Å². The Morgan fingerprint density at radius 2 is 2.15 bits per heavy atom. The van der Waals surface area contributed by atoms with Gasteiger partial charge in [0.05, 0.1) is 0 Å². The van der Waals surface area contributed by atoms with Gasteiger partial charge in [-0.05, 0) is 35.0 Å². The van der Waals surface area contributed by atoms with Gasteiger partial charge in [0.2, 0.25) is 9.84 Å². The molecule has 72 valence electrons. The summed E-state index contributed by atoms with van der Waals surface area (Å²) in [5.41, 5.74) is 0.712. The molecule has 0 aliphatic heterocycles. The number of halogens is 1. The summed E-state index contributed by atoms with van der Waals surface area (Å²) in [6, 6.07) is 2.99. The molecule has 0 unspecified atom stereocenters. The van der Waals surface area contributed by atoms with Crippen LogP contribution in [0.4, 0.5) is 0 Å². The molecule has 1 heterocycles. The molecule has 13 heavy (non-hydrogen) atoms. The molecule has 1 aromatic heterocycles. The van der Waals surface area contributed by atoms with E-state index in [4.69, 9.17) is 5.11 Å². The Balaban J connectivity index is 3.33. The van der Waals surface area contributed by atoms with E-state index in [1.54, 1.807) is 13.0 Å². The maximum atomic E-state index is 11.2. The Labute approximate surface area is 84.7 Å². The Kier molecular flexibility index (Phi) is 3.05. The lowest BCUT2D eigenvalue weighted by Gasteiger charge is -2.03. The van der Waals surface area contributed by atoms with E-state index in [9.17, 15) is 8.42 Å². The van der Waals surface area contributed by atoms with Gasteiger partial charge in [0, 0.05) is 5.69 Å². The van der Waals surface area contributed by atoms with Gasteiger partial charge in [0.25, 0.3) is 0 Å². The van der Waals surface area contributed by atoms with Crippen LogP contribution in [0.2, 0.25) is 0 Å². The molecule has 1 N–H and O–H groups in total. The summed E-state index contributed by atoms with van der Waals surface area (Å²) in [5.74, 6) is -0.906. The van der Waals surface area contributed by atoms with Crippen LogP contribution in [0.25, 0.3) is 0 Å². The van der Waals surface area contributed by atoms with E-state index in [1.807, 2.05) is 0 Å². The van der Waals surface area contributed by atoms with Crippen molar-refractivity contribution in [3.05, 3.63) is 22.4 Å². The monoisotopic (exact) mass is 265 g/mol. The Morgan fingerprint density at radius 3 is 2.62 bits per heavy atom. The number of aromatic nitrogens is 1. The van der Waals surface area contributed by atoms with E-state index in [2.05, 4.69) is 20.9 Å². The second-order valence-electron chi connectivity index (χ2n) is 2.49. The Hall–Kier alpha value is -0.460. The molecule has 0 aliphatic carbocycles. The molecule has 0 saturated carbocycles. The first-order chi connectivity index (χ1) is 5.97. The molecular weight excluding hydrogens is 258 g/mol. The standard InChI is InChI=1S/C7H8BrNO3S/c1-5-2-3-6(7(8)9-5)13(11,12)4-10/h2-3,10H,4H2,1H3. The third kappa shape index (κ3) is 2.26. The van der Waals surface area contributed by atoms with Crippen LogP contribution in [0.15, 0.2) is 21.6 Å². The van der Waals surface area contributed by atoms with Crippen LogP contribution < -0.4 is 0 Å². The molecule has 0 amide bonds. The number of aliphatic hydroxyl groups is 1. The van der Waals surface area contributed by atoms with Crippen LogP contribution in [0.1, 0.15) is 5.69 Å². The van der Waals surface area contributed by atoms with Crippen molar-refractivity contribution in [3.63, 3.8) is 0 Å². The summed E-state index contributed by atoms with van der Waals surface area (Å²) in [5, 5.41) is 8.60. The molecule has 1 aromatic rings. The highest BCUT2D eigenvalue weighted by Crippen LogP contribution is 2.20. The maximum absolute atomic E-state index is 11.2. The lowest BCUT2D eigenvalue weighted by atomic mass is 10.4.